The first-order chi connectivity index (χ1) is 12.3. The third-order valence-electron chi connectivity index (χ3n) is 3.60. The fourth-order valence-electron chi connectivity index (χ4n) is 2.22. The predicted octanol–water partition coefficient (Wildman–Crippen LogP) is 1.97. The minimum absolute atomic E-state index is 0.0248. The summed E-state index contributed by atoms with van der Waals surface area (Å²) in [6.45, 7) is 3.19. The van der Waals surface area contributed by atoms with Gasteiger partial charge in [0.05, 0.1) is 5.56 Å². The lowest BCUT2D eigenvalue weighted by Gasteiger charge is -2.13. The number of carbonyl (C=O) groups excluding carboxylic acids is 4. The average Bonchev–Trinajstić information content (AvgIpc) is 2.61. The van der Waals surface area contributed by atoms with Crippen LogP contribution in [-0.4, -0.2) is 29.8 Å². The Morgan fingerprint density at radius 1 is 0.962 bits per heavy atom. The van der Waals surface area contributed by atoms with Crippen molar-refractivity contribution in [3.05, 3.63) is 70.8 Å². The number of hydrogen-bond donors (Lipinski definition) is 2. The second kappa shape index (κ2) is 8.06. The molecule has 2 rings (SSSR count). The van der Waals surface area contributed by atoms with Crippen molar-refractivity contribution in [2.24, 2.45) is 5.73 Å². The molecule has 0 aliphatic heterocycles. The highest BCUT2D eigenvalue weighted by atomic mass is 16.5. The van der Waals surface area contributed by atoms with Crippen LogP contribution in [0.3, 0.4) is 0 Å². The molecule has 3 amide bonds. The molecular formula is C19H18N2O5. The molecule has 0 spiro atoms. The number of ketones is 1. The van der Waals surface area contributed by atoms with Crippen molar-refractivity contribution in [2.75, 3.05) is 0 Å². The number of imide groups is 1. The summed E-state index contributed by atoms with van der Waals surface area (Å²) in [5, 5.41) is 1.82. The van der Waals surface area contributed by atoms with Crippen LogP contribution in [0.1, 0.15) is 38.8 Å². The van der Waals surface area contributed by atoms with E-state index in [2.05, 4.69) is 0 Å². The van der Waals surface area contributed by atoms with Crippen molar-refractivity contribution in [1.82, 2.24) is 5.32 Å². The summed E-state index contributed by atoms with van der Waals surface area (Å²) >= 11 is 0. The van der Waals surface area contributed by atoms with E-state index >= 15 is 0 Å². The summed E-state index contributed by atoms with van der Waals surface area (Å²) < 4.78 is 5.03. The summed E-state index contributed by atoms with van der Waals surface area (Å²) in [7, 11) is 0. The number of esters is 1. The molecule has 7 heteroatoms. The molecular weight excluding hydrogens is 336 g/mol. The lowest BCUT2D eigenvalue weighted by atomic mass is 9.98. The van der Waals surface area contributed by atoms with E-state index in [1.165, 1.54) is 19.1 Å². The van der Waals surface area contributed by atoms with Gasteiger partial charge in [0.2, 0.25) is 0 Å². The van der Waals surface area contributed by atoms with Crippen molar-refractivity contribution < 1.29 is 23.9 Å². The van der Waals surface area contributed by atoms with Crippen molar-refractivity contribution in [3.8, 4) is 0 Å². The Kier molecular flexibility index (Phi) is 5.85. The predicted molar refractivity (Wildman–Crippen MR) is 93.7 cm³/mol. The number of amides is 3. The number of hydrogen-bond acceptors (Lipinski definition) is 5. The summed E-state index contributed by atoms with van der Waals surface area (Å²) in [6.07, 6.45) is -1.25. The molecule has 0 aliphatic rings. The highest BCUT2D eigenvalue weighted by Crippen LogP contribution is 2.17. The monoisotopic (exact) mass is 354 g/mol. The molecule has 1 atom stereocenters. The first-order valence-corrected chi connectivity index (χ1v) is 7.81. The van der Waals surface area contributed by atoms with Gasteiger partial charge in [-0.05, 0) is 19.9 Å². The maximum atomic E-state index is 12.7. The molecule has 0 fully saturated rings. The van der Waals surface area contributed by atoms with E-state index < -0.39 is 24.0 Å². The quantitative estimate of drug-likeness (QED) is 0.629. The molecule has 0 aliphatic carbocycles. The van der Waals surface area contributed by atoms with Crippen LogP contribution >= 0.6 is 0 Å². The highest BCUT2D eigenvalue weighted by molar-refractivity contribution is 6.14. The van der Waals surface area contributed by atoms with E-state index in [0.717, 1.165) is 5.56 Å². The Bertz CT molecular complexity index is 858. The van der Waals surface area contributed by atoms with E-state index in [-0.39, 0.29) is 16.9 Å². The van der Waals surface area contributed by atoms with Gasteiger partial charge in [0.25, 0.3) is 5.91 Å². The van der Waals surface area contributed by atoms with Gasteiger partial charge in [0, 0.05) is 11.1 Å². The number of primary amides is 1. The molecule has 2 aromatic rings. The largest absolute Gasteiger partial charge is 0.449 e. The van der Waals surface area contributed by atoms with Gasteiger partial charge in [0.1, 0.15) is 0 Å². The van der Waals surface area contributed by atoms with Gasteiger partial charge < -0.3 is 10.5 Å². The molecule has 26 heavy (non-hydrogen) atoms. The van der Waals surface area contributed by atoms with E-state index in [1.807, 2.05) is 12.2 Å². The van der Waals surface area contributed by atoms with Crippen molar-refractivity contribution in [2.45, 2.75) is 20.0 Å². The van der Waals surface area contributed by atoms with E-state index in [9.17, 15) is 19.2 Å². The Balaban J connectivity index is 2.24. The molecule has 0 radical (unpaired) electrons. The number of nitrogens with one attached hydrogen (secondary N) is 1. The molecule has 1 unspecified atom stereocenters. The molecule has 134 valence electrons. The van der Waals surface area contributed by atoms with Gasteiger partial charge in [0.15, 0.2) is 11.9 Å². The first-order valence-electron chi connectivity index (χ1n) is 7.81. The van der Waals surface area contributed by atoms with Crippen LogP contribution < -0.4 is 11.1 Å². The minimum atomic E-state index is -1.25. The SMILES string of the molecule is Cc1ccc(C(=O)c2ccccc2C(=O)OC(C)C(=O)NC(N)=O)cc1. The second-order valence-corrected chi connectivity index (χ2v) is 5.64. The number of benzene rings is 2. The highest BCUT2D eigenvalue weighted by Gasteiger charge is 2.23. The zero-order valence-corrected chi connectivity index (χ0v) is 14.3. The van der Waals surface area contributed by atoms with Gasteiger partial charge in [-0.2, -0.15) is 0 Å². The smallest absolute Gasteiger partial charge is 0.339 e. The number of carbonyl (C=O) groups is 4. The lowest BCUT2D eigenvalue weighted by Crippen LogP contribution is -2.42. The number of rotatable bonds is 5. The molecule has 0 heterocycles. The molecule has 3 N–H and O–H groups in total. The van der Waals surface area contributed by atoms with Crippen molar-refractivity contribution >= 4 is 23.7 Å². The summed E-state index contributed by atoms with van der Waals surface area (Å²) in [5.74, 6) is -2.05. The average molecular weight is 354 g/mol. The summed E-state index contributed by atoms with van der Waals surface area (Å²) in [4.78, 5) is 47.4. The van der Waals surface area contributed by atoms with Crippen LogP contribution in [0.2, 0.25) is 0 Å². The minimum Gasteiger partial charge on any atom is -0.449 e. The van der Waals surface area contributed by atoms with Gasteiger partial charge >= 0.3 is 12.0 Å². The maximum absolute atomic E-state index is 12.7. The Labute approximate surface area is 150 Å². The van der Waals surface area contributed by atoms with Crippen LogP contribution in [0.4, 0.5) is 4.79 Å². The number of ether oxygens (including phenoxy) is 1. The first kappa shape index (κ1) is 18.9. The van der Waals surface area contributed by atoms with Gasteiger partial charge in [-0.3, -0.25) is 14.9 Å². The fourth-order valence-corrected chi connectivity index (χ4v) is 2.22. The molecule has 0 saturated carbocycles. The zero-order chi connectivity index (χ0) is 19.3. The Morgan fingerprint density at radius 3 is 2.12 bits per heavy atom. The second-order valence-electron chi connectivity index (χ2n) is 5.64. The summed E-state index contributed by atoms with van der Waals surface area (Å²) in [6, 6.07) is 12.0. The standard InChI is InChI=1S/C19H18N2O5/c1-11-7-9-13(10-8-11)16(22)14-5-3-4-6-15(14)18(24)26-12(2)17(23)21-19(20)25/h3-10,12H,1-2H3,(H3,20,21,23,25). The number of urea groups is 1. The van der Waals surface area contributed by atoms with Crippen LogP contribution in [0, 0.1) is 6.92 Å². The van der Waals surface area contributed by atoms with E-state index in [4.69, 9.17) is 10.5 Å². The maximum Gasteiger partial charge on any atom is 0.339 e. The van der Waals surface area contributed by atoms with Crippen LogP contribution in [0.15, 0.2) is 48.5 Å². The van der Waals surface area contributed by atoms with Crippen LogP contribution in [0.25, 0.3) is 0 Å². The number of aryl methyl sites for hydroxylation is 1. The van der Waals surface area contributed by atoms with Gasteiger partial charge in [-0.25, -0.2) is 9.59 Å². The van der Waals surface area contributed by atoms with Gasteiger partial charge in [-0.1, -0.05) is 48.0 Å². The third-order valence-corrected chi connectivity index (χ3v) is 3.60. The molecule has 2 aromatic carbocycles. The molecule has 7 nitrogen and oxygen atoms in total. The van der Waals surface area contributed by atoms with Gasteiger partial charge in [-0.15, -0.1) is 0 Å². The Morgan fingerprint density at radius 2 is 1.54 bits per heavy atom. The van der Waals surface area contributed by atoms with Crippen LogP contribution in [-0.2, 0) is 9.53 Å². The van der Waals surface area contributed by atoms with E-state index in [1.54, 1.807) is 36.4 Å². The van der Waals surface area contributed by atoms with Crippen molar-refractivity contribution in [1.29, 1.82) is 0 Å². The van der Waals surface area contributed by atoms with Crippen LogP contribution in [0.5, 0.6) is 0 Å². The molecule has 0 saturated heterocycles. The molecule has 0 aromatic heterocycles. The summed E-state index contributed by atoms with van der Waals surface area (Å²) in [5.41, 5.74) is 6.47. The normalized spacial score (nSPS) is 11.3. The lowest BCUT2D eigenvalue weighted by molar-refractivity contribution is -0.127. The zero-order valence-electron chi connectivity index (χ0n) is 14.3. The topological polar surface area (TPSA) is 116 Å². The Hall–Kier alpha value is -3.48. The van der Waals surface area contributed by atoms with E-state index in [0.29, 0.717) is 5.56 Å². The molecule has 0 bridgehead atoms. The number of nitrogens with two attached hydrogens (primary N) is 1. The third kappa shape index (κ3) is 4.54. The van der Waals surface area contributed by atoms with Crippen molar-refractivity contribution in [3.63, 3.8) is 0 Å². The fraction of sp³-hybridized carbons (Fsp3) is 0.158.